The van der Waals surface area contributed by atoms with Crippen molar-refractivity contribution >= 4 is 41.4 Å². The predicted octanol–water partition coefficient (Wildman–Crippen LogP) is -0.704. The van der Waals surface area contributed by atoms with Crippen molar-refractivity contribution in [3.05, 3.63) is 0 Å². The molecule has 5 aliphatic rings. The highest BCUT2D eigenvalue weighted by atomic mass is 16.7. The van der Waals surface area contributed by atoms with Crippen molar-refractivity contribution in [2.24, 2.45) is 23.7 Å². The first-order valence-electron chi connectivity index (χ1n) is 24.2. The Bertz CT molecular complexity index is 1890. The van der Waals surface area contributed by atoms with E-state index in [9.17, 15) is 59.6 Å². The number of fused-ring (bicyclic) bond motifs is 3. The number of hydrazine groups is 2. The second-order valence-corrected chi connectivity index (χ2v) is 20.6. The first kappa shape index (κ1) is 54.9. The molecule has 9 N–H and O–H groups in total. The molecule has 0 unspecified atom stereocenters. The lowest BCUT2D eigenvalue weighted by molar-refractivity contribution is -0.329. The number of nitrogens with zero attached hydrogens (tertiary/aromatic N) is 5. The number of aliphatic hydroxyl groups excluding tert-OH is 1. The Labute approximate surface area is 397 Å². The smallest absolute Gasteiger partial charge is 0.332 e. The van der Waals surface area contributed by atoms with Crippen molar-refractivity contribution in [1.82, 2.24) is 41.2 Å². The zero-order valence-electron chi connectivity index (χ0n) is 41.1. The first-order chi connectivity index (χ1) is 31.6. The number of esters is 1. The molecule has 5 saturated heterocycles. The minimum absolute atomic E-state index is 0.0101. The van der Waals surface area contributed by atoms with E-state index in [0.29, 0.717) is 18.8 Å². The van der Waals surface area contributed by atoms with Crippen LogP contribution in [0.5, 0.6) is 0 Å². The molecule has 0 bridgehead atoms. The Balaban J connectivity index is 1.62. The van der Waals surface area contributed by atoms with Crippen LogP contribution < -0.4 is 16.2 Å². The number of nitrogens with one attached hydrogen (secondary N) is 3. The van der Waals surface area contributed by atoms with Gasteiger partial charge in [-0.1, -0.05) is 54.9 Å². The minimum atomic E-state index is -2.76. The summed E-state index contributed by atoms with van der Waals surface area (Å²) in [7, 11) is 0. The molecule has 23 nitrogen and oxygen atoms in total. The number of carbonyl (C=O) groups is 7. The van der Waals surface area contributed by atoms with E-state index in [-0.39, 0.29) is 67.8 Å². The Morgan fingerprint density at radius 3 is 2.13 bits per heavy atom. The van der Waals surface area contributed by atoms with Crippen LogP contribution in [0.2, 0.25) is 0 Å². The summed E-state index contributed by atoms with van der Waals surface area (Å²) in [5.74, 6) is -12.1. The average Bonchev–Trinajstić information content (AvgIpc) is 3.62. The van der Waals surface area contributed by atoms with Crippen LogP contribution in [-0.2, 0) is 43.0 Å². The summed E-state index contributed by atoms with van der Waals surface area (Å²) in [5, 5.41) is 73.8. The number of β-amino-alcohol motifs (C(OH)–C–C–N with tert-alkyl or cyclic N) is 1. The second-order valence-electron chi connectivity index (χ2n) is 20.6. The maximum atomic E-state index is 15.1. The zero-order chi connectivity index (χ0) is 51.0. The lowest BCUT2D eigenvalue weighted by Gasteiger charge is -2.48. The van der Waals surface area contributed by atoms with Crippen LogP contribution in [0.1, 0.15) is 127 Å². The van der Waals surface area contributed by atoms with Crippen LogP contribution in [0.4, 0.5) is 0 Å². The van der Waals surface area contributed by atoms with Crippen molar-refractivity contribution < 1.29 is 73.9 Å². The topological polar surface area (TPSA) is 312 Å². The predicted molar refractivity (Wildman–Crippen MR) is 237 cm³/mol. The van der Waals surface area contributed by atoms with Gasteiger partial charge in [0.15, 0.2) is 11.6 Å². The molecule has 0 aromatic carbocycles. The molecule has 0 radical (unpaired) electrons. The van der Waals surface area contributed by atoms with E-state index in [4.69, 9.17) is 9.47 Å². The summed E-state index contributed by atoms with van der Waals surface area (Å²) in [5.41, 5.74) is 0.710. The van der Waals surface area contributed by atoms with Gasteiger partial charge in [0.1, 0.15) is 36.3 Å². The number of cyclic esters (lactones) is 1. The molecule has 5 aliphatic heterocycles. The number of ether oxygens (including phenoxy) is 2. The molecule has 0 saturated carbocycles. The van der Waals surface area contributed by atoms with Gasteiger partial charge in [0, 0.05) is 32.5 Å². The number of rotatable bonds is 9. The second kappa shape index (κ2) is 21.5. The molecule has 0 aromatic rings. The van der Waals surface area contributed by atoms with Crippen molar-refractivity contribution in [1.29, 1.82) is 0 Å². The van der Waals surface area contributed by atoms with Gasteiger partial charge in [-0.15, -0.1) is 0 Å². The fourth-order valence-electron chi connectivity index (χ4n) is 10.1. The standard InChI is InChI=1S/C45H76N8O15/c1-11-25(7)20-27-15-16-45(64,68-31(27)12-2)44(10,63)42(61)48-32-34(24(5)6)67-41(60)33(23(3)4)53(66)40(59)35-43(9,62)17-19-49(35)37(56)30-21-28(54)22-47-51(30)36(55)26(8)52(65)38(57)29-14-13-18-46-50(29)39(32)58/h23-35,46-47,54,62-66H,11-22H2,1-10H3,(H,48,61)/t25-,26-,27+,28+,29+,30+,31+,32-,33-,34-,35+,43+,44+,45+/m0/s1/i31+1,42+1. The Hall–Kier alpha value is -4.07. The highest BCUT2D eigenvalue weighted by molar-refractivity contribution is 5.98. The van der Waals surface area contributed by atoms with Crippen LogP contribution in [0.25, 0.3) is 0 Å². The van der Waals surface area contributed by atoms with E-state index in [1.165, 1.54) is 34.6 Å². The van der Waals surface area contributed by atoms with Gasteiger partial charge in [-0.3, -0.25) is 49.2 Å². The Morgan fingerprint density at radius 1 is 0.882 bits per heavy atom. The van der Waals surface area contributed by atoms with Gasteiger partial charge in [0.2, 0.25) is 11.7 Å². The van der Waals surface area contributed by atoms with Crippen molar-refractivity contribution in [2.45, 2.75) is 199 Å². The van der Waals surface area contributed by atoms with E-state index < -0.39 is 125 Å². The molecule has 14 atom stereocenters. The molecule has 23 heteroatoms. The number of hydroxylamine groups is 4. The molecule has 6 amide bonds. The van der Waals surface area contributed by atoms with Crippen LogP contribution in [-0.4, -0.2) is 188 Å². The fourth-order valence-corrected chi connectivity index (χ4v) is 10.1. The third kappa shape index (κ3) is 10.8. The summed E-state index contributed by atoms with van der Waals surface area (Å²) in [6.45, 7) is 15.0. The molecule has 5 heterocycles. The van der Waals surface area contributed by atoms with E-state index >= 15 is 4.79 Å². The summed E-state index contributed by atoms with van der Waals surface area (Å²) < 4.78 is 12.2. The average molecular weight is 971 g/mol. The highest BCUT2D eigenvalue weighted by Gasteiger charge is 2.59. The highest BCUT2D eigenvalue weighted by Crippen LogP contribution is 2.42. The summed E-state index contributed by atoms with van der Waals surface area (Å²) in [6.07, 6.45) is -1.48. The van der Waals surface area contributed by atoms with Gasteiger partial charge in [-0.2, -0.15) is 0 Å². The molecular formula is C45H76N8O15. The SMILES string of the molecule is CC[C@H](C)C[C@H]1CC[C@](O)([C@](C)(O)[13C](=O)N[C@@H]2C(=O)N3NCCC[C@@H]3C(=O)N(O)[C@@H](C)C(=O)N3NC[C@H](O)C[C@@H]3C(=O)N3CC[C@@](C)(O)[C@H]3C(=O)N(O)[C@@H](C(C)C)C(=O)O[C@H]2C(C)C)O[13C@@H]1CC. The largest absolute Gasteiger partial charge is 0.458 e. The monoisotopic (exact) mass is 971 g/mol. The molecule has 386 valence electrons. The van der Waals surface area contributed by atoms with Gasteiger partial charge in [0.25, 0.3) is 29.5 Å². The lowest BCUT2D eigenvalue weighted by atomic mass is 9.86. The summed E-state index contributed by atoms with van der Waals surface area (Å²) >= 11 is 0. The Kier molecular flexibility index (Phi) is 17.4. The van der Waals surface area contributed by atoms with Gasteiger partial charge in [-0.05, 0) is 83.0 Å². The van der Waals surface area contributed by atoms with Crippen LogP contribution in [0.15, 0.2) is 0 Å². The molecule has 0 aliphatic carbocycles. The van der Waals surface area contributed by atoms with Crippen LogP contribution in [0.3, 0.4) is 0 Å². The van der Waals surface area contributed by atoms with E-state index in [2.05, 4.69) is 30.0 Å². The normalized spacial score (nSPS) is 36.6. The number of hydrogen-bond donors (Lipinski definition) is 9. The molecule has 0 spiro atoms. The maximum absolute atomic E-state index is 15.1. The van der Waals surface area contributed by atoms with E-state index in [1.807, 2.05) is 6.92 Å². The quantitative estimate of drug-likeness (QED) is 0.0784. The third-order valence-corrected chi connectivity index (χ3v) is 14.7. The number of carbonyl (C=O) groups excluding carboxylic acids is 7. The fraction of sp³-hybridized carbons (Fsp3) is 0.844. The van der Waals surface area contributed by atoms with E-state index in [0.717, 1.165) is 41.6 Å². The maximum Gasteiger partial charge on any atom is 0.332 e. The first-order valence-corrected chi connectivity index (χ1v) is 24.2. The molecular weight excluding hydrogens is 895 g/mol. The summed E-state index contributed by atoms with van der Waals surface area (Å²) in [6, 6.07) is -10.6. The van der Waals surface area contributed by atoms with Crippen LogP contribution >= 0.6 is 0 Å². The van der Waals surface area contributed by atoms with Gasteiger partial charge in [0.05, 0.1) is 17.8 Å². The molecule has 0 aromatic heterocycles. The van der Waals surface area contributed by atoms with Gasteiger partial charge < -0.3 is 40.1 Å². The van der Waals surface area contributed by atoms with Crippen LogP contribution in [0, 0.1) is 23.7 Å². The molecule has 68 heavy (non-hydrogen) atoms. The van der Waals surface area contributed by atoms with Crippen molar-refractivity contribution in [3.63, 3.8) is 0 Å². The number of aliphatic hydroxyl groups is 4. The molecule has 5 fully saturated rings. The van der Waals surface area contributed by atoms with Gasteiger partial charge in [-0.25, -0.2) is 25.8 Å². The zero-order valence-corrected chi connectivity index (χ0v) is 41.1. The number of hydrogen-bond acceptors (Lipinski definition) is 17. The number of amides is 6. The lowest BCUT2D eigenvalue weighted by Crippen LogP contribution is -2.70. The van der Waals surface area contributed by atoms with Gasteiger partial charge >= 0.3 is 5.97 Å². The third-order valence-electron chi connectivity index (χ3n) is 14.7. The molecule has 5 rings (SSSR count). The Morgan fingerprint density at radius 2 is 1.53 bits per heavy atom. The van der Waals surface area contributed by atoms with Crippen molar-refractivity contribution in [3.8, 4) is 0 Å². The summed E-state index contributed by atoms with van der Waals surface area (Å²) in [4.78, 5) is 103. The van der Waals surface area contributed by atoms with E-state index in [1.54, 1.807) is 0 Å². The van der Waals surface area contributed by atoms with Crippen molar-refractivity contribution in [2.75, 3.05) is 19.6 Å². The minimum Gasteiger partial charge on any atom is -0.458 e.